The number of nitrogens with two attached hydrogens (primary N) is 1. The van der Waals surface area contributed by atoms with Crippen LogP contribution in [-0.2, 0) is 7.05 Å². The second kappa shape index (κ2) is 5.19. The molecular formula is C13H24N4. The van der Waals surface area contributed by atoms with E-state index in [1.807, 2.05) is 19.6 Å². The first kappa shape index (κ1) is 12.6. The summed E-state index contributed by atoms with van der Waals surface area (Å²) in [5.41, 5.74) is 4.19. The summed E-state index contributed by atoms with van der Waals surface area (Å²) in [7, 11) is 2.03. The van der Waals surface area contributed by atoms with Crippen molar-refractivity contribution in [2.75, 3.05) is 0 Å². The maximum Gasteiger partial charge on any atom is 0.0946 e. The van der Waals surface area contributed by atoms with E-state index in [0.717, 1.165) is 11.8 Å². The van der Waals surface area contributed by atoms with Gasteiger partial charge in [-0.05, 0) is 37.0 Å². The van der Waals surface area contributed by atoms with Gasteiger partial charge in [0.05, 0.1) is 18.1 Å². The van der Waals surface area contributed by atoms with E-state index >= 15 is 0 Å². The summed E-state index contributed by atoms with van der Waals surface area (Å²) < 4.78 is 2.06. The molecule has 1 aromatic heterocycles. The standard InChI is InChI=1S/C13H24N4/c1-9-4-10(2)6-11(5-9)13(16-14)12-7-15-8-17(12)3/h7-11,13,16H,4-6,14H2,1-3H3. The minimum atomic E-state index is 0.229. The monoisotopic (exact) mass is 236 g/mol. The van der Waals surface area contributed by atoms with Crippen molar-refractivity contribution in [1.29, 1.82) is 0 Å². The first-order chi connectivity index (χ1) is 8.11. The van der Waals surface area contributed by atoms with Crippen molar-refractivity contribution in [3.8, 4) is 0 Å². The van der Waals surface area contributed by atoms with Gasteiger partial charge in [0.25, 0.3) is 0 Å². The van der Waals surface area contributed by atoms with E-state index in [0.29, 0.717) is 5.92 Å². The van der Waals surface area contributed by atoms with E-state index in [9.17, 15) is 0 Å². The Bertz CT molecular complexity index is 350. The lowest BCUT2D eigenvalue weighted by Crippen LogP contribution is -2.37. The average molecular weight is 236 g/mol. The SMILES string of the molecule is CC1CC(C)CC(C(NN)c2cncn2C)C1. The van der Waals surface area contributed by atoms with Crippen LogP contribution in [0.15, 0.2) is 12.5 Å². The third-order valence-corrected chi connectivity index (χ3v) is 4.04. The van der Waals surface area contributed by atoms with Gasteiger partial charge in [0.1, 0.15) is 0 Å². The molecule has 96 valence electrons. The first-order valence-corrected chi connectivity index (χ1v) is 6.54. The lowest BCUT2D eigenvalue weighted by atomic mass is 9.73. The zero-order chi connectivity index (χ0) is 12.4. The summed E-state index contributed by atoms with van der Waals surface area (Å²) >= 11 is 0. The van der Waals surface area contributed by atoms with Crippen molar-refractivity contribution in [3.05, 3.63) is 18.2 Å². The fourth-order valence-corrected chi connectivity index (χ4v) is 3.41. The molecule has 0 radical (unpaired) electrons. The normalized spacial score (nSPS) is 31.4. The molecule has 0 spiro atoms. The molecule has 1 aliphatic carbocycles. The summed E-state index contributed by atoms with van der Waals surface area (Å²) in [5, 5.41) is 0. The van der Waals surface area contributed by atoms with Gasteiger partial charge in [-0.2, -0.15) is 0 Å². The van der Waals surface area contributed by atoms with E-state index < -0.39 is 0 Å². The lowest BCUT2D eigenvalue weighted by molar-refractivity contribution is 0.173. The second-order valence-corrected chi connectivity index (χ2v) is 5.75. The zero-order valence-corrected chi connectivity index (χ0v) is 11.1. The Morgan fingerprint density at radius 3 is 2.47 bits per heavy atom. The molecule has 17 heavy (non-hydrogen) atoms. The zero-order valence-electron chi connectivity index (χ0n) is 11.1. The molecular weight excluding hydrogens is 212 g/mol. The predicted molar refractivity (Wildman–Crippen MR) is 68.9 cm³/mol. The molecule has 1 saturated carbocycles. The minimum absolute atomic E-state index is 0.229. The van der Waals surface area contributed by atoms with E-state index in [1.165, 1.54) is 25.0 Å². The predicted octanol–water partition coefficient (Wildman–Crippen LogP) is 2.00. The van der Waals surface area contributed by atoms with Gasteiger partial charge in [0.15, 0.2) is 0 Å². The third-order valence-electron chi connectivity index (χ3n) is 4.04. The molecule has 4 nitrogen and oxygen atoms in total. The Hall–Kier alpha value is -0.870. The van der Waals surface area contributed by atoms with Crippen molar-refractivity contribution < 1.29 is 0 Å². The summed E-state index contributed by atoms with van der Waals surface area (Å²) in [6, 6.07) is 0.229. The minimum Gasteiger partial charge on any atom is -0.336 e. The fourth-order valence-electron chi connectivity index (χ4n) is 3.41. The Morgan fingerprint density at radius 1 is 1.35 bits per heavy atom. The molecule has 3 atom stereocenters. The lowest BCUT2D eigenvalue weighted by Gasteiger charge is -2.36. The Labute approximate surface area is 104 Å². The van der Waals surface area contributed by atoms with Crippen molar-refractivity contribution >= 4 is 0 Å². The van der Waals surface area contributed by atoms with Crippen molar-refractivity contribution in [1.82, 2.24) is 15.0 Å². The molecule has 0 bridgehead atoms. The highest BCUT2D eigenvalue weighted by Gasteiger charge is 2.31. The summed E-state index contributed by atoms with van der Waals surface area (Å²) in [6.07, 6.45) is 7.62. The van der Waals surface area contributed by atoms with Gasteiger partial charge < -0.3 is 4.57 Å². The number of hydrogen-bond donors (Lipinski definition) is 2. The number of hydrazine groups is 1. The Morgan fingerprint density at radius 2 is 2.00 bits per heavy atom. The van der Waals surface area contributed by atoms with Crippen LogP contribution in [0.5, 0.6) is 0 Å². The van der Waals surface area contributed by atoms with E-state index in [4.69, 9.17) is 5.84 Å². The second-order valence-electron chi connectivity index (χ2n) is 5.75. The molecule has 2 rings (SSSR count). The molecule has 4 heteroatoms. The van der Waals surface area contributed by atoms with Gasteiger partial charge >= 0.3 is 0 Å². The van der Waals surface area contributed by atoms with Crippen LogP contribution < -0.4 is 11.3 Å². The highest BCUT2D eigenvalue weighted by Crippen LogP contribution is 2.39. The van der Waals surface area contributed by atoms with Gasteiger partial charge in [-0.25, -0.2) is 4.98 Å². The number of imidazole rings is 1. The molecule has 1 fully saturated rings. The highest BCUT2D eigenvalue weighted by molar-refractivity contribution is 5.07. The number of hydrogen-bond acceptors (Lipinski definition) is 3. The van der Waals surface area contributed by atoms with Gasteiger partial charge in [-0.3, -0.25) is 11.3 Å². The van der Waals surface area contributed by atoms with Crippen LogP contribution >= 0.6 is 0 Å². The molecule has 3 unspecified atom stereocenters. The molecule has 0 aromatic carbocycles. The van der Waals surface area contributed by atoms with E-state index in [-0.39, 0.29) is 6.04 Å². The first-order valence-electron chi connectivity index (χ1n) is 6.54. The molecule has 1 heterocycles. The van der Waals surface area contributed by atoms with Crippen LogP contribution in [-0.4, -0.2) is 9.55 Å². The van der Waals surface area contributed by atoms with Crippen LogP contribution in [0.1, 0.15) is 44.8 Å². The van der Waals surface area contributed by atoms with Crippen LogP contribution in [0.3, 0.4) is 0 Å². The summed E-state index contributed by atoms with van der Waals surface area (Å²) in [4.78, 5) is 4.19. The summed E-state index contributed by atoms with van der Waals surface area (Å²) in [5.74, 6) is 7.98. The summed E-state index contributed by atoms with van der Waals surface area (Å²) in [6.45, 7) is 4.69. The van der Waals surface area contributed by atoms with Gasteiger partial charge in [0.2, 0.25) is 0 Å². The maximum absolute atomic E-state index is 5.76. The number of nitrogens with one attached hydrogen (secondary N) is 1. The molecule has 0 aliphatic heterocycles. The molecule has 1 aromatic rings. The molecule has 0 amide bonds. The highest BCUT2D eigenvalue weighted by atomic mass is 15.3. The van der Waals surface area contributed by atoms with Gasteiger partial charge in [-0.15, -0.1) is 0 Å². The Kier molecular flexibility index (Phi) is 3.84. The Balaban J connectivity index is 2.15. The van der Waals surface area contributed by atoms with Crippen LogP contribution in [0.25, 0.3) is 0 Å². The smallest absolute Gasteiger partial charge is 0.0946 e. The number of aromatic nitrogens is 2. The quantitative estimate of drug-likeness (QED) is 0.623. The number of aryl methyl sites for hydroxylation is 1. The van der Waals surface area contributed by atoms with E-state index in [2.05, 4.69) is 28.8 Å². The molecule has 1 aliphatic rings. The molecule has 0 saturated heterocycles. The van der Waals surface area contributed by atoms with Crippen molar-refractivity contribution in [2.24, 2.45) is 30.6 Å². The maximum atomic E-state index is 5.76. The van der Waals surface area contributed by atoms with Crippen LogP contribution in [0.4, 0.5) is 0 Å². The topological polar surface area (TPSA) is 55.9 Å². The van der Waals surface area contributed by atoms with Gasteiger partial charge in [-0.1, -0.05) is 13.8 Å². The average Bonchev–Trinajstić information content (AvgIpc) is 2.65. The molecule has 3 N–H and O–H groups in total. The van der Waals surface area contributed by atoms with E-state index in [1.54, 1.807) is 0 Å². The third kappa shape index (κ3) is 2.69. The largest absolute Gasteiger partial charge is 0.336 e. The van der Waals surface area contributed by atoms with Crippen LogP contribution in [0, 0.1) is 17.8 Å². The van der Waals surface area contributed by atoms with Crippen molar-refractivity contribution in [2.45, 2.75) is 39.2 Å². The number of rotatable bonds is 3. The number of nitrogens with zero attached hydrogens (tertiary/aromatic N) is 2. The van der Waals surface area contributed by atoms with Crippen molar-refractivity contribution in [3.63, 3.8) is 0 Å². The van der Waals surface area contributed by atoms with Gasteiger partial charge in [0, 0.05) is 13.2 Å². The fraction of sp³-hybridized carbons (Fsp3) is 0.769. The van der Waals surface area contributed by atoms with Crippen LogP contribution in [0.2, 0.25) is 0 Å².